The number of H-pyrrole nitrogens is 1. The van der Waals surface area contributed by atoms with Crippen molar-refractivity contribution in [3.8, 4) is 5.69 Å². The molecule has 96 valence electrons. The van der Waals surface area contributed by atoms with Crippen molar-refractivity contribution in [2.75, 3.05) is 0 Å². The lowest BCUT2D eigenvalue weighted by atomic mass is 10.3. The molecule has 0 aliphatic heterocycles. The lowest BCUT2D eigenvalue weighted by molar-refractivity contribution is 1.07. The lowest BCUT2D eigenvalue weighted by Gasteiger charge is -2.08. The van der Waals surface area contributed by atoms with Crippen molar-refractivity contribution in [1.82, 2.24) is 9.55 Å². The molecule has 0 amide bonds. The summed E-state index contributed by atoms with van der Waals surface area (Å²) in [4.78, 5) is 3.10. The smallest absolute Gasteiger partial charge is 0.182 e. The van der Waals surface area contributed by atoms with Gasteiger partial charge in [-0.3, -0.25) is 4.57 Å². The van der Waals surface area contributed by atoms with E-state index in [0.29, 0.717) is 19.8 Å². The van der Waals surface area contributed by atoms with Crippen LogP contribution in [0.2, 0.25) is 15.1 Å². The van der Waals surface area contributed by atoms with Gasteiger partial charge in [0, 0.05) is 5.02 Å². The van der Waals surface area contributed by atoms with E-state index < -0.39 is 0 Å². The Morgan fingerprint density at radius 2 is 1.84 bits per heavy atom. The highest BCUT2D eigenvalue weighted by molar-refractivity contribution is 7.71. The van der Waals surface area contributed by atoms with Gasteiger partial charge in [-0.15, -0.1) is 0 Å². The van der Waals surface area contributed by atoms with Crippen molar-refractivity contribution in [3.63, 3.8) is 0 Å². The highest BCUT2D eigenvalue weighted by atomic mass is 35.5. The van der Waals surface area contributed by atoms with Crippen LogP contribution in [0.5, 0.6) is 0 Å². The number of nitrogens with one attached hydrogen (secondary N) is 1. The van der Waals surface area contributed by atoms with E-state index >= 15 is 0 Å². The minimum absolute atomic E-state index is 0.469. The third-order valence-electron chi connectivity index (χ3n) is 2.82. The molecule has 0 atom stereocenters. The number of benzene rings is 2. The molecule has 0 unspecified atom stereocenters. The van der Waals surface area contributed by atoms with Crippen molar-refractivity contribution in [1.29, 1.82) is 0 Å². The number of aromatic amines is 1. The molecule has 3 rings (SSSR count). The molecule has 0 saturated carbocycles. The van der Waals surface area contributed by atoms with Gasteiger partial charge in [-0.1, -0.05) is 40.9 Å². The van der Waals surface area contributed by atoms with Gasteiger partial charge in [0.05, 0.1) is 26.8 Å². The second-order valence-corrected chi connectivity index (χ2v) is 5.61. The molecule has 0 fully saturated rings. The number of fused-ring (bicyclic) bond motifs is 1. The van der Waals surface area contributed by atoms with Crippen LogP contribution in [0.15, 0.2) is 36.4 Å². The summed E-state index contributed by atoms with van der Waals surface area (Å²) >= 11 is 23.6. The Morgan fingerprint density at radius 1 is 1.05 bits per heavy atom. The highest BCUT2D eigenvalue weighted by Gasteiger charge is 2.11. The number of hydrogen-bond acceptors (Lipinski definition) is 1. The second kappa shape index (κ2) is 4.84. The van der Waals surface area contributed by atoms with Crippen LogP contribution in [0, 0.1) is 4.77 Å². The van der Waals surface area contributed by atoms with Crippen LogP contribution in [0.1, 0.15) is 0 Å². The van der Waals surface area contributed by atoms with Crippen molar-refractivity contribution in [2.45, 2.75) is 0 Å². The van der Waals surface area contributed by atoms with Gasteiger partial charge in [0.2, 0.25) is 0 Å². The topological polar surface area (TPSA) is 20.7 Å². The summed E-state index contributed by atoms with van der Waals surface area (Å²) in [5.41, 5.74) is 2.50. The maximum Gasteiger partial charge on any atom is 0.182 e. The molecular weight excluding hydrogens is 323 g/mol. The fraction of sp³-hybridized carbons (Fsp3) is 0. The Labute approximate surface area is 129 Å². The number of hydrogen-bond donors (Lipinski definition) is 1. The lowest BCUT2D eigenvalue weighted by Crippen LogP contribution is -1.95. The average Bonchev–Trinajstić information content (AvgIpc) is 2.68. The van der Waals surface area contributed by atoms with Gasteiger partial charge in [-0.2, -0.15) is 0 Å². The van der Waals surface area contributed by atoms with Gasteiger partial charge in [0.1, 0.15) is 0 Å². The van der Waals surface area contributed by atoms with E-state index in [1.807, 2.05) is 28.8 Å². The first-order chi connectivity index (χ1) is 9.08. The Morgan fingerprint density at radius 3 is 2.63 bits per heavy atom. The molecule has 1 N–H and O–H groups in total. The maximum atomic E-state index is 6.25. The SMILES string of the molecule is S=c1[nH]c2cc(Cl)ccc2n1-c1cccc(Cl)c1Cl. The fourth-order valence-corrected chi connectivity index (χ4v) is 2.85. The summed E-state index contributed by atoms with van der Waals surface area (Å²) in [6.45, 7) is 0. The summed E-state index contributed by atoms with van der Waals surface area (Å²) in [7, 11) is 0. The van der Waals surface area contributed by atoms with Gasteiger partial charge >= 0.3 is 0 Å². The van der Waals surface area contributed by atoms with Crippen LogP contribution < -0.4 is 0 Å². The van der Waals surface area contributed by atoms with E-state index in [1.165, 1.54) is 0 Å². The quantitative estimate of drug-likeness (QED) is 0.572. The minimum Gasteiger partial charge on any atom is -0.330 e. The van der Waals surface area contributed by atoms with Gasteiger partial charge in [-0.05, 0) is 42.5 Å². The number of imidazole rings is 1. The van der Waals surface area contributed by atoms with E-state index in [0.717, 1.165) is 16.7 Å². The zero-order valence-corrected chi connectivity index (χ0v) is 12.5. The van der Waals surface area contributed by atoms with Crippen LogP contribution >= 0.6 is 47.0 Å². The van der Waals surface area contributed by atoms with Gasteiger partial charge in [-0.25, -0.2) is 0 Å². The Bertz CT molecular complexity index is 836. The zero-order chi connectivity index (χ0) is 13.6. The summed E-state index contributed by atoms with van der Waals surface area (Å²) < 4.78 is 2.39. The fourth-order valence-electron chi connectivity index (χ4n) is 1.99. The maximum absolute atomic E-state index is 6.25. The molecule has 3 aromatic rings. The minimum atomic E-state index is 0.469. The van der Waals surface area contributed by atoms with Crippen molar-refractivity contribution < 1.29 is 0 Å². The Hall–Kier alpha value is -1.000. The Balaban J connectivity index is 2.40. The molecule has 6 heteroatoms. The molecule has 0 saturated heterocycles. The first-order valence-electron chi connectivity index (χ1n) is 5.42. The summed E-state index contributed by atoms with van der Waals surface area (Å²) in [6.07, 6.45) is 0. The highest BCUT2D eigenvalue weighted by Crippen LogP contribution is 2.31. The largest absolute Gasteiger partial charge is 0.330 e. The van der Waals surface area contributed by atoms with Crippen molar-refractivity contribution >= 4 is 58.1 Å². The second-order valence-electron chi connectivity index (χ2n) is 4.00. The van der Waals surface area contributed by atoms with E-state index in [2.05, 4.69) is 4.98 Å². The predicted octanol–water partition coefficient (Wildman–Crippen LogP) is 5.65. The van der Waals surface area contributed by atoms with Crippen LogP contribution in [0.25, 0.3) is 16.7 Å². The molecule has 2 nitrogen and oxygen atoms in total. The summed E-state index contributed by atoms with van der Waals surface area (Å²) in [6, 6.07) is 11.0. The molecule has 1 heterocycles. The van der Waals surface area contributed by atoms with Crippen LogP contribution in [-0.2, 0) is 0 Å². The normalized spacial score (nSPS) is 11.1. The molecule has 1 aromatic heterocycles. The predicted molar refractivity (Wildman–Crippen MR) is 83.5 cm³/mol. The summed E-state index contributed by atoms with van der Waals surface area (Å²) in [5.74, 6) is 0. The molecule has 0 aliphatic carbocycles. The number of rotatable bonds is 1. The molecule has 2 aromatic carbocycles. The molecule has 0 aliphatic rings. The van der Waals surface area contributed by atoms with Crippen LogP contribution in [0.4, 0.5) is 0 Å². The third kappa shape index (κ3) is 2.17. The van der Waals surface area contributed by atoms with E-state index in [1.54, 1.807) is 12.1 Å². The van der Waals surface area contributed by atoms with Gasteiger partial charge < -0.3 is 4.98 Å². The Kier molecular flexibility index (Phi) is 3.31. The first-order valence-corrected chi connectivity index (χ1v) is 6.97. The van der Waals surface area contributed by atoms with Crippen LogP contribution in [0.3, 0.4) is 0 Å². The molecule has 0 bridgehead atoms. The van der Waals surface area contributed by atoms with Crippen LogP contribution in [-0.4, -0.2) is 9.55 Å². The van der Waals surface area contributed by atoms with E-state index in [-0.39, 0.29) is 0 Å². The third-order valence-corrected chi connectivity index (χ3v) is 4.14. The van der Waals surface area contributed by atoms with Gasteiger partial charge in [0.25, 0.3) is 0 Å². The van der Waals surface area contributed by atoms with E-state index in [9.17, 15) is 0 Å². The standard InChI is InChI=1S/C13H7Cl3N2S/c14-7-4-5-10-9(6-7)17-13(19)18(10)11-3-1-2-8(15)12(11)16/h1-6H,(H,17,19). The molecule has 0 spiro atoms. The number of halogens is 3. The summed E-state index contributed by atoms with van der Waals surface area (Å²) in [5, 5.41) is 1.61. The monoisotopic (exact) mass is 328 g/mol. The van der Waals surface area contributed by atoms with E-state index in [4.69, 9.17) is 47.0 Å². The molecule has 19 heavy (non-hydrogen) atoms. The first kappa shape index (κ1) is 13.0. The molecular formula is C13H7Cl3N2S. The zero-order valence-electron chi connectivity index (χ0n) is 9.45. The number of aromatic nitrogens is 2. The van der Waals surface area contributed by atoms with Crippen molar-refractivity contribution in [3.05, 3.63) is 56.2 Å². The number of nitrogens with zero attached hydrogens (tertiary/aromatic N) is 1. The molecule has 0 radical (unpaired) electrons. The van der Waals surface area contributed by atoms with Gasteiger partial charge in [0.15, 0.2) is 4.77 Å². The van der Waals surface area contributed by atoms with Crippen molar-refractivity contribution in [2.24, 2.45) is 0 Å². The average molecular weight is 330 g/mol.